The average Bonchev–Trinajstić information content (AvgIpc) is 2.31. The number of aliphatic hydroxyl groups is 1. The highest BCUT2D eigenvalue weighted by atomic mass is 16.2. The maximum atomic E-state index is 8.31. The number of H-pyrrole nitrogens is 1. The second-order valence-electron chi connectivity index (χ2n) is 1.66. The molecule has 0 unspecified atom stereocenters. The number of nitrogens with zero attached hydrogens (tertiary/aromatic N) is 1. The van der Waals surface area contributed by atoms with Crippen molar-refractivity contribution in [3.8, 4) is 11.8 Å². The fourth-order valence-electron chi connectivity index (χ4n) is 0.530. The molecule has 4 N–H and O–H groups in total. The molecule has 0 atom stereocenters. The first-order valence-corrected chi connectivity index (χ1v) is 2.73. The average molecular weight is 137 g/mol. The number of rotatable bonds is 0. The van der Waals surface area contributed by atoms with Gasteiger partial charge in [-0.3, -0.25) is 5.10 Å². The highest BCUT2D eigenvalue weighted by Gasteiger charge is 1.93. The minimum absolute atomic E-state index is 0.162. The van der Waals surface area contributed by atoms with Gasteiger partial charge < -0.3 is 10.8 Å². The summed E-state index contributed by atoms with van der Waals surface area (Å²) in [6, 6.07) is 0. The van der Waals surface area contributed by atoms with Gasteiger partial charge in [0, 0.05) is 0 Å². The minimum Gasteiger partial charge on any atom is -0.384 e. The van der Waals surface area contributed by atoms with Gasteiger partial charge in [0.1, 0.15) is 12.4 Å². The standard InChI is InChI=1S/C6H7N3O/c7-6-5(2-1-3-10)4-8-9-6/h4,10H,3H2,(H3,7,8,9). The van der Waals surface area contributed by atoms with Gasteiger partial charge >= 0.3 is 0 Å². The van der Waals surface area contributed by atoms with Crippen LogP contribution in [0, 0.1) is 11.8 Å². The van der Waals surface area contributed by atoms with Gasteiger partial charge in [-0.2, -0.15) is 5.10 Å². The maximum Gasteiger partial charge on any atom is 0.134 e. The zero-order valence-corrected chi connectivity index (χ0v) is 5.26. The van der Waals surface area contributed by atoms with Crippen LogP contribution < -0.4 is 5.73 Å². The first-order valence-electron chi connectivity index (χ1n) is 2.73. The molecule has 0 spiro atoms. The molecule has 0 aromatic carbocycles. The van der Waals surface area contributed by atoms with Gasteiger partial charge in [-0.05, 0) is 0 Å². The Morgan fingerprint density at radius 1 is 1.80 bits per heavy atom. The molecular weight excluding hydrogens is 130 g/mol. The highest BCUT2D eigenvalue weighted by molar-refractivity contribution is 5.48. The fraction of sp³-hybridized carbons (Fsp3) is 0.167. The van der Waals surface area contributed by atoms with Gasteiger partial charge in [0.15, 0.2) is 0 Å². The van der Waals surface area contributed by atoms with E-state index in [1.165, 1.54) is 6.20 Å². The summed E-state index contributed by atoms with van der Waals surface area (Å²) in [6.45, 7) is -0.162. The van der Waals surface area contributed by atoms with Gasteiger partial charge in [-0.15, -0.1) is 0 Å². The molecule has 0 saturated carbocycles. The molecule has 1 aromatic heterocycles. The summed E-state index contributed by atoms with van der Waals surface area (Å²) in [4.78, 5) is 0. The quantitative estimate of drug-likeness (QED) is 0.415. The Morgan fingerprint density at radius 3 is 3.10 bits per heavy atom. The van der Waals surface area contributed by atoms with Crippen molar-refractivity contribution in [1.82, 2.24) is 10.2 Å². The van der Waals surface area contributed by atoms with E-state index in [4.69, 9.17) is 10.8 Å². The van der Waals surface area contributed by atoms with Crippen molar-refractivity contribution >= 4 is 5.82 Å². The molecular formula is C6H7N3O. The molecule has 1 rings (SSSR count). The number of hydrogen-bond acceptors (Lipinski definition) is 3. The third-order valence-corrected chi connectivity index (χ3v) is 0.971. The topological polar surface area (TPSA) is 74.9 Å². The molecule has 0 amide bonds. The van der Waals surface area contributed by atoms with Crippen LogP contribution in [-0.4, -0.2) is 21.9 Å². The second-order valence-corrected chi connectivity index (χ2v) is 1.66. The Hall–Kier alpha value is -1.47. The third kappa shape index (κ3) is 1.27. The summed E-state index contributed by atoms with van der Waals surface area (Å²) in [5, 5.41) is 14.5. The van der Waals surface area contributed by atoms with Crippen LogP contribution in [0.15, 0.2) is 6.20 Å². The summed E-state index contributed by atoms with van der Waals surface area (Å²) < 4.78 is 0. The monoisotopic (exact) mass is 137 g/mol. The summed E-state index contributed by atoms with van der Waals surface area (Å²) in [7, 11) is 0. The van der Waals surface area contributed by atoms with E-state index >= 15 is 0 Å². The zero-order valence-electron chi connectivity index (χ0n) is 5.26. The zero-order chi connectivity index (χ0) is 7.40. The van der Waals surface area contributed by atoms with Crippen LogP contribution in [-0.2, 0) is 0 Å². The van der Waals surface area contributed by atoms with Crippen LogP contribution >= 0.6 is 0 Å². The van der Waals surface area contributed by atoms with Crippen LogP contribution in [0.3, 0.4) is 0 Å². The lowest BCUT2D eigenvalue weighted by Gasteiger charge is -1.81. The van der Waals surface area contributed by atoms with Crippen LogP contribution in [0.4, 0.5) is 5.82 Å². The molecule has 0 radical (unpaired) electrons. The van der Waals surface area contributed by atoms with Gasteiger partial charge in [-0.1, -0.05) is 11.8 Å². The van der Waals surface area contributed by atoms with Crippen molar-refractivity contribution in [2.24, 2.45) is 0 Å². The summed E-state index contributed by atoms with van der Waals surface area (Å²) in [6.07, 6.45) is 1.51. The number of hydrogen-bond donors (Lipinski definition) is 3. The molecule has 0 aliphatic heterocycles. The predicted octanol–water partition coefficient (Wildman–Crippen LogP) is -0.664. The normalized spacial score (nSPS) is 8.50. The van der Waals surface area contributed by atoms with E-state index in [1.807, 2.05) is 0 Å². The molecule has 0 bridgehead atoms. The molecule has 0 fully saturated rings. The lowest BCUT2D eigenvalue weighted by atomic mass is 10.3. The number of nitrogens with one attached hydrogen (secondary N) is 1. The van der Waals surface area contributed by atoms with Gasteiger partial charge in [0.05, 0.1) is 11.8 Å². The summed E-state index contributed by atoms with van der Waals surface area (Å²) in [5.41, 5.74) is 6.00. The third-order valence-electron chi connectivity index (χ3n) is 0.971. The van der Waals surface area contributed by atoms with Gasteiger partial charge in [0.2, 0.25) is 0 Å². The number of nitrogens with two attached hydrogens (primary N) is 1. The largest absolute Gasteiger partial charge is 0.384 e. The minimum atomic E-state index is -0.162. The van der Waals surface area contributed by atoms with Crippen molar-refractivity contribution in [2.75, 3.05) is 12.3 Å². The van der Waals surface area contributed by atoms with Crippen LogP contribution in [0.2, 0.25) is 0 Å². The Labute approximate surface area is 58.1 Å². The van der Waals surface area contributed by atoms with E-state index in [0.717, 1.165) is 0 Å². The van der Waals surface area contributed by atoms with Crippen molar-refractivity contribution in [1.29, 1.82) is 0 Å². The van der Waals surface area contributed by atoms with Crippen LogP contribution in [0.25, 0.3) is 0 Å². The van der Waals surface area contributed by atoms with E-state index in [0.29, 0.717) is 11.4 Å². The maximum absolute atomic E-state index is 8.31. The van der Waals surface area contributed by atoms with Crippen LogP contribution in [0.1, 0.15) is 5.56 Å². The van der Waals surface area contributed by atoms with Crippen molar-refractivity contribution in [2.45, 2.75) is 0 Å². The molecule has 0 saturated heterocycles. The van der Waals surface area contributed by atoms with E-state index in [1.54, 1.807) is 0 Å². The molecule has 1 heterocycles. The first kappa shape index (κ1) is 6.65. The Morgan fingerprint density at radius 2 is 2.60 bits per heavy atom. The Bertz CT molecular complexity index is 268. The number of aliphatic hydroxyl groups excluding tert-OH is 1. The van der Waals surface area contributed by atoms with E-state index in [2.05, 4.69) is 22.0 Å². The predicted molar refractivity (Wildman–Crippen MR) is 37.0 cm³/mol. The Balaban J connectivity index is 2.84. The number of aromatic nitrogens is 2. The second kappa shape index (κ2) is 2.90. The smallest absolute Gasteiger partial charge is 0.134 e. The summed E-state index contributed by atoms with van der Waals surface area (Å²) in [5.74, 6) is 5.51. The molecule has 4 nitrogen and oxygen atoms in total. The van der Waals surface area contributed by atoms with Crippen molar-refractivity contribution in [3.05, 3.63) is 11.8 Å². The molecule has 52 valence electrons. The fourth-order valence-corrected chi connectivity index (χ4v) is 0.530. The van der Waals surface area contributed by atoms with Crippen molar-refractivity contribution in [3.63, 3.8) is 0 Å². The number of aromatic amines is 1. The molecule has 4 heteroatoms. The molecule has 0 aliphatic rings. The lowest BCUT2D eigenvalue weighted by Crippen LogP contribution is -1.87. The van der Waals surface area contributed by atoms with E-state index in [9.17, 15) is 0 Å². The SMILES string of the molecule is Nc1[nH]ncc1C#CCO. The van der Waals surface area contributed by atoms with Gasteiger partial charge in [-0.25, -0.2) is 0 Å². The Kier molecular flexibility index (Phi) is 1.92. The first-order chi connectivity index (χ1) is 4.84. The molecule has 0 aliphatic carbocycles. The lowest BCUT2D eigenvalue weighted by molar-refractivity contribution is 0.350. The van der Waals surface area contributed by atoms with Crippen molar-refractivity contribution < 1.29 is 5.11 Å². The van der Waals surface area contributed by atoms with E-state index < -0.39 is 0 Å². The molecule has 10 heavy (non-hydrogen) atoms. The highest BCUT2D eigenvalue weighted by Crippen LogP contribution is 2.01. The van der Waals surface area contributed by atoms with E-state index in [-0.39, 0.29) is 6.61 Å². The molecule has 1 aromatic rings. The summed E-state index contributed by atoms with van der Waals surface area (Å²) >= 11 is 0. The number of nitrogen functional groups attached to an aromatic ring is 1. The van der Waals surface area contributed by atoms with Gasteiger partial charge in [0.25, 0.3) is 0 Å². The number of anilines is 1. The van der Waals surface area contributed by atoms with Crippen LogP contribution in [0.5, 0.6) is 0 Å².